The molecule has 150 valence electrons. The Balaban J connectivity index is 1.90. The molecule has 2 aromatic rings. The fraction of sp³-hybridized carbons (Fsp3) is 0.409. The van der Waals surface area contributed by atoms with Crippen LogP contribution in [0.5, 0.6) is 0 Å². The van der Waals surface area contributed by atoms with E-state index in [1.807, 2.05) is 42.5 Å². The molecule has 0 bridgehead atoms. The number of rotatable bonds is 4. The third-order valence-corrected chi connectivity index (χ3v) is 7.14. The Morgan fingerprint density at radius 3 is 2.36 bits per heavy atom. The zero-order valence-corrected chi connectivity index (χ0v) is 18.1. The fourth-order valence-corrected chi connectivity index (χ4v) is 5.44. The second-order valence-corrected chi connectivity index (χ2v) is 11.1. The molecule has 6 heteroatoms. The minimum absolute atomic E-state index is 0.00157. The Kier molecular flexibility index (Phi) is 5.87. The molecule has 2 aromatic carbocycles. The highest BCUT2D eigenvalue weighted by Crippen LogP contribution is 2.26. The maximum atomic E-state index is 13.3. The molecule has 1 aliphatic heterocycles. The lowest BCUT2D eigenvalue weighted by Crippen LogP contribution is -2.40. The second-order valence-electron chi connectivity index (χ2n) is 8.45. The summed E-state index contributed by atoms with van der Waals surface area (Å²) in [6.45, 7) is 6.70. The first-order valence-electron chi connectivity index (χ1n) is 9.41. The second kappa shape index (κ2) is 7.88. The lowest BCUT2D eigenvalue weighted by atomic mass is 9.86. The van der Waals surface area contributed by atoms with Gasteiger partial charge in [0.05, 0.1) is 11.5 Å². The number of sulfone groups is 1. The van der Waals surface area contributed by atoms with Gasteiger partial charge in [0.2, 0.25) is 0 Å². The first-order valence-corrected chi connectivity index (χ1v) is 11.6. The van der Waals surface area contributed by atoms with Gasteiger partial charge in [0, 0.05) is 23.2 Å². The third kappa shape index (κ3) is 4.95. The molecule has 1 amide bonds. The summed E-state index contributed by atoms with van der Waals surface area (Å²) in [4.78, 5) is 15.0. The molecule has 1 heterocycles. The van der Waals surface area contributed by atoms with Gasteiger partial charge in [-0.1, -0.05) is 56.6 Å². The summed E-state index contributed by atoms with van der Waals surface area (Å²) in [7, 11) is -3.10. The summed E-state index contributed by atoms with van der Waals surface area (Å²) in [5.74, 6) is -0.0122. The van der Waals surface area contributed by atoms with Gasteiger partial charge in [-0.3, -0.25) is 4.79 Å². The maximum Gasteiger partial charge on any atom is 0.254 e. The molecular weight excluding hydrogens is 394 g/mol. The highest BCUT2D eigenvalue weighted by atomic mass is 35.5. The van der Waals surface area contributed by atoms with Crippen molar-refractivity contribution >= 4 is 27.3 Å². The molecule has 28 heavy (non-hydrogen) atoms. The highest BCUT2D eigenvalue weighted by Gasteiger charge is 2.35. The number of halogens is 1. The van der Waals surface area contributed by atoms with Crippen molar-refractivity contribution in [2.75, 3.05) is 11.5 Å². The smallest absolute Gasteiger partial charge is 0.254 e. The van der Waals surface area contributed by atoms with Crippen LogP contribution in [0.1, 0.15) is 48.7 Å². The molecule has 0 unspecified atom stereocenters. The van der Waals surface area contributed by atoms with Gasteiger partial charge >= 0.3 is 0 Å². The number of amides is 1. The van der Waals surface area contributed by atoms with E-state index in [2.05, 4.69) is 20.8 Å². The molecule has 0 aliphatic carbocycles. The van der Waals surface area contributed by atoms with Crippen LogP contribution in [0.3, 0.4) is 0 Å². The van der Waals surface area contributed by atoms with Crippen molar-refractivity contribution in [2.45, 2.75) is 45.2 Å². The van der Waals surface area contributed by atoms with Crippen LogP contribution in [0.25, 0.3) is 0 Å². The average Bonchev–Trinajstić information content (AvgIpc) is 2.98. The molecule has 3 rings (SSSR count). The number of nitrogens with zero attached hydrogens (tertiary/aromatic N) is 1. The normalized spacial score (nSPS) is 18.8. The molecular formula is C22H26ClNO3S. The van der Waals surface area contributed by atoms with E-state index in [1.165, 1.54) is 0 Å². The summed E-state index contributed by atoms with van der Waals surface area (Å²) in [5, 5.41) is 0.596. The molecule has 1 fully saturated rings. The lowest BCUT2D eigenvalue weighted by molar-refractivity contribution is 0.0681. The predicted octanol–water partition coefficient (Wildman–Crippen LogP) is 4.47. The topological polar surface area (TPSA) is 54.5 Å². The van der Waals surface area contributed by atoms with Gasteiger partial charge in [0.15, 0.2) is 9.84 Å². The van der Waals surface area contributed by atoms with Crippen LogP contribution in [0, 0.1) is 0 Å². The van der Waals surface area contributed by atoms with Crippen LogP contribution in [-0.2, 0) is 21.8 Å². The van der Waals surface area contributed by atoms with Crippen molar-refractivity contribution in [3.05, 3.63) is 70.2 Å². The molecule has 0 radical (unpaired) electrons. The molecule has 4 nitrogen and oxygen atoms in total. The minimum atomic E-state index is -3.10. The van der Waals surface area contributed by atoms with E-state index in [0.717, 1.165) is 11.1 Å². The van der Waals surface area contributed by atoms with Gasteiger partial charge in [-0.2, -0.15) is 0 Å². The first-order chi connectivity index (χ1) is 13.0. The summed E-state index contributed by atoms with van der Waals surface area (Å²) in [6.07, 6.45) is 0.467. The van der Waals surface area contributed by atoms with E-state index in [4.69, 9.17) is 11.6 Å². The van der Waals surface area contributed by atoms with Crippen LogP contribution in [0.4, 0.5) is 0 Å². The van der Waals surface area contributed by atoms with Gasteiger partial charge < -0.3 is 4.90 Å². The van der Waals surface area contributed by atoms with Crippen molar-refractivity contribution in [3.63, 3.8) is 0 Å². The zero-order valence-electron chi connectivity index (χ0n) is 16.5. The van der Waals surface area contributed by atoms with E-state index in [1.54, 1.807) is 11.0 Å². The Morgan fingerprint density at radius 1 is 1.14 bits per heavy atom. The van der Waals surface area contributed by atoms with Crippen molar-refractivity contribution in [2.24, 2.45) is 0 Å². The molecule has 1 atom stereocenters. The van der Waals surface area contributed by atoms with E-state index >= 15 is 0 Å². The van der Waals surface area contributed by atoms with Crippen molar-refractivity contribution in [1.29, 1.82) is 0 Å². The summed E-state index contributed by atoms with van der Waals surface area (Å²) in [6, 6.07) is 14.6. The summed E-state index contributed by atoms with van der Waals surface area (Å²) >= 11 is 6.09. The van der Waals surface area contributed by atoms with E-state index in [-0.39, 0.29) is 28.9 Å². The number of carbonyl (C=O) groups excluding carboxylic acids is 1. The Morgan fingerprint density at radius 2 is 1.82 bits per heavy atom. The van der Waals surface area contributed by atoms with E-state index in [9.17, 15) is 13.2 Å². The minimum Gasteiger partial charge on any atom is -0.330 e. The SMILES string of the molecule is CC(C)(C)c1ccc(C(=O)N(Cc2cccc(Cl)c2)[C@H]2CCS(=O)(=O)C2)cc1. The number of benzene rings is 2. The van der Waals surface area contributed by atoms with Gasteiger partial charge in [0.25, 0.3) is 5.91 Å². The standard InChI is InChI=1S/C22H26ClNO3S/c1-22(2,3)18-9-7-17(8-10-18)21(25)24(20-11-12-28(26,27)15-20)14-16-5-4-6-19(23)13-16/h4-10,13,20H,11-12,14-15H2,1-3H3/t20-/m0/s1. The van der Waals surface area contributed by atoms with Crippen LogP contribution >= 0.6 is 11.6 Å². The van der Waals surface area contributed by atoms with Crippen molar-refractivity contribution in [3.8, 4) is 0 Å². The third-order valence-electron chi connectivity index (χ3n) is 5.15. The van der Waals surface area contributed by atoms with E-state index in [0.29, 0.717) is 23.6 Å². The van der Waals surface area contributed by atoms with Gasteiger partial charge in [-0.25, -0.2) is 8.42 Å². The number of hydrogen-bond acceptors (Lipinski definition) is 3. The highest BCUT2D eigenvalue weighted by molar-refractivity contribution is 7.91. The van der Waals surface area contributed by atoms with Gasteiger partial charge in [0.1, 0.15) is 0 Å². The molecule has 1 aliphatic rings. The first kappa shape index (κ1) is 20.9. The van der Waals surface area contributed by atoms with E-state index < -0.39 is 9.84 Å². The summed E-state index contributed by atoms with van der Waals surface area (Å²) in [5.41, 5.74) is 2.60. The van der Waals surface area contributed by atoms with Crippen LogP contribution < -0.4 is 0 Å². The van der Waals surface area contributed by atoms with Crippen molar-refractivity contribution in [1.82, 2.24) is 4.90 Å². The molecule has 0 aromatic heterocycles. The van der Waals surface area contributed by atoms with Gasteiger partial charge in [-0.05, 0) is 47.2 Å². The Hall–Kier alpha value is -1.85. The fourth-order valence-electron chi connectivity index (χ4n) is 3.50. The molecule has 0 N–H and O–H groups in total. The summed E-state index contributed by atoms with van der Waals surface area (Å²) < 4.78 is 24.0. The van der Waals surface area contributed by atoms with Gasteiger partial charge in [-0.15, -0.1) is 0 Å². The average molecular weight is 420 g/mol. The Bertz CT molecular complexity index is 962. The lowest BCUT2D eigenvalue weighted by Gasteiger charge is -2.29. The largest absolute Gasteiger partial charge is 0.330 e. The Labute approximate surface area is 172 Å². The quantitative estimate of drug-likeness (QED) is 0.734. The molecule has 0 saturated carbocycles. The molecule has 0 spiro atoms. The van der Waals surface area contributed by atoms with Crippen LogP contribution in [0.2, 0.25) is 5.02 Å². The van der Waals surface area contributed by atoms with Crippen LogP contribution in [-0.4, -0.2) is 36.8 Å². The molecule has 1 saturated heterocycles. The van der Waals surface area contributed by atoms with Crippen molar-refractivity contribution < 1.29 is 13.2 Å². The number of carbonyl (C=O) groups is 1. The number of hydrogen-bond donors (Lipinski definition) is 0. The zero-order chi connectivity index (χ0) is 20.5. The maximum absolute atomic E-state index is 13.3. The van der Waals surface area contributed by atoms with Crippen LogP contribution in [0.15, 0.2) is 48.5 Å². The monoisotopic (exact) mass is 419 g/mol. The predicted molar refractivity (Wildman–Crippen MR) is 114 cm³/mol.